The normalized spacial score (nSPS) is 11.9. The van der Waals surface area contributed by atoms with Gasteiger partial charge in [0.2, 0.25) is 0 Å². The Kier molecular flexibility index (Phi) is 9.05. The standard InChI is InChI=1S/C23H31F3O3/c1-3-4-5-6-7-8-9-10-11-12-15-28-20-14-13-18-19(23(24,25)26)16-21(27)29-22(18)17(20)2/h13-14,16H,3-12,15H2,1-2H3. The molecule has 0 amide bonds. The molecule has 0 radical (unpaired) electrons. The molecule has 1 heterocycles. The summed E-state index contributed by atoms with van der Waals surface area (Å²) in [5.41, 5.74) is -1.64. The van der Waals surface area contributed by atoms with Crippen molar-refractivity contribution >= 4 is 11.0 Å². The van der Waals surface area contributed by atoms with Crippen LogP contribution < -0.4 is 10.4 Å². The molecule has 0 aliphatic carbocycles. The molecule has 3 nitrogen and oxygen atoms in total. The zero-order valence-electron chi connectivity index (χ0n) is 17.4. The van der Waals surface area contributed by atoms with E-state index in [0.717, 1.165) is 19.3 Å². The number of alkyl halides is 3. The van der Waals surface area contributed by atoms with Crippen molar-refractivity contribution in [1.82, 2.24) is 0 Å². The van der Waals surface area contributed by atoms with Crippen molar-refractivity contribution in [3.8, 4) is 5.75 Å². The molecule has 0 unspecified atom stereocenters. The Bertz CT molecular complexity index is 824. The molecule has 0 saturated carbocycles. The molecular weight excluding hydrogens is 381 g/mol. The quantitative estimate of drug-likeness (QED) is 0.269. The number of aryl methyl sites for hydroxylation is 1. The van der Waals surface area contributed by atoms with Gasteiger partial charge < -0.3 is 9.15 Å². The van der Waals surface area contributed by atoms with Gasteiger partial charge in [-0.1, -0.05) is 64.7 Å². The van der Waals surface area contributed by atoms with Gasteiger partial charge in [0.15, 0.2) is 0 Å². The maximum atomic E-state index is 13.2. The average Bonchev–Trinajstić information content (AvgIpc) is 2.67. The summed E-state index contributed by atoms with van der Waals surface area (Å²) in [4.78, 5) is 11.6. The molecule has 0 aliphatic rings. The molecule has 2 rings (SSSR count). The fraction of sp³-hybridized carbons (Fsp3) is 0.609. The minimum Gasteiger partial charge on any atom is -0.493 e. The largest absolute Gasteiger partial charge is 0.493 e. The lowest BCUT2D eigenvalue weighted by molar-refractivity contribution is -0.136. The average molecular weight is 412 g/mol. The summed E-state index contributed by atoms with van der Waals surface area (Å²) in [7, 11) is 0. The van der Waals surface area contributed by atoms with E-state index in [1.54, 1.807) is 6.92 Å². The van der Waals surface area contributed by atoms with Crippen LogP contribution in [0.25, 0.3) is 11.0 Å². The number of benzene rings is 1. The van der Waals surface area contributed by atoms with Crippen molar-refractivity contribution in [1.29, 1.82) is 0 Å². The van der Waals surface area contributed by atoms with Gasteiger partial charge in [0.25, 0.3) is 0 Å². The monoisotopic (exact) mass is 412 g/mol. The van der Waals surface area contributed by atoms with Gasteiger partial charge in [-0.25, -0.2) is 4.79 Å². The summed E-state index contributed by atoms with van der Waals surface area (Å²) in [6.07, 6.45) is 7.56. The zero-order valence-corrected chi connectivity index (χ0v) is 17.4. The number of unbranched alkanes of at least 4 members (excludes halogenated alkanes) is 9. The zero-order chi connectivity index (χ0) is 21.3. The maximum Gasteiger partial charge on any atom is 0.417 e. The second kappa shape index (κ2) is 11.3. The van der Waals surface area contributed by atoms with Gasteiger partial charge in [-0.3, -0.25) is 0 Å². The molecule has 0 aliphatic heterocycles. The molecule has 29 heavy (non-hydrogen) atoms. The van der Waals surface area contributed by atoms with Crippen LogP contribution in [-0.2, 0) is 6.18 Å². The highest BCUT2D eigenvalue weighted by molar-refractivity contribution is 5.85. The molecule has 0 saturated heterocycles. The molecule has 162 valence electrons. The van der Waals surface area contributed by atoms with E-state index in [9.17, 15) is 18.0 Å². The van der Waals surface area contributed by atoms with Gasteiger partial charge in [-0.2, -0.15) is 13.2 Å². The second-order valence-corrected chi connectivity index (χ2v) is 7.57. The van der Waals surface area contributed by atoms with Crippen LogP contribution in [0.15, 0.2) is 27.4 Å². The highest BCUT2D eigenvalue weighted by Crippen LogP contribution is 2.36. The molecule has 1 aromatic heterocycles. The van der Waals surface area contributed by atoms with Crippen LogP contribution in [0, 0.1) is 6.92 Å². The van der Waals surface area contributed by atoms with Gasteiger partial charge >= 0.3 is 11.8 Å². The fourth-order valence-corrected chi connectivity index (χ4v) is 3.51. The number of fused-ring (bicyclic) bond motifs is 1. The van der Waals surface area contributed by atoms with E-state index in [2.05, 4.69) is 6.92 Å². The SMILES string of the molecule is CCCCCCCCCCCCOc1ccc2c(C(F)(F)F)cc(=O)oc2c1C. The minimum absolute atomic E-state index is 0.0644. The Balaban J connectivity index is 1.83. The maximum absolute atomic E-state index is 13.2. The lowest BCUT2D eigenvalue weighted by atomic mass is 10.1. The van der Waals surface area contributed by atoms with Gasteiger partial charge in [-0.15, -0.1) is 0 Å². The first-order valence-corrected chi connectivity index (χ1v) is 10.6. The number of ether oxygens (including phenoxy) is 1. The molecule has 2 aromatic rings. The molecule has 0 atom stereocenters. The Hall–Kier alpha value is -1.98. The van der Waals surface area contributed by atoms with Crippen molar-refractivity contribution in [2.24, 2.45) is 0 Å². The molecule has 0 bridgehead atoms. The van der Waals surface area contributed by atoms with E-state index >= 15 is 0 Å². The van der Waals surface area contributed by atoms with Crippen LogP contribution in [0.3, 0.4) is 0 Å². The summed E-state index contributed by atoms with van der Waals surface area (Å²) < 4.78 is 50.3. The smallest absolute Gasteiger partial charge is 0.417 e. The molecular formula is C23H31F3O3. The van der Waals surface area contributed by atoms with Crippen molar-refractivity contribution in [3.05, 3.63) is 39.7 Å². The third-order valence-corrected chi connectivity index (χ3v) is 5.17. The summed E-state index contributed by atoms with van der Waals surface area (Å²) in [5, 5.41) is -0.124. The van der Waals surface area contributed by atoms with Gasteiger partial charge in [-0.05, 0) is 25.5 Å². The van der Waals surface area contributed by atoms with Crippen molar-refractivity contribution in [2.75, 3.05) is 6.61 Å². The molecule has 1 aromatic carbocycles. The van der Waals surface area contributed by atoms with Crippen LogP contribution in [0.1, 0.15) is 82.3 Å². The summed E-state index contributed by atoms with van der Waals surface area (Å²) in [5.74, 6) is 0.455. The summed E-state index contributed by atoms with van der Waals surface area (Å²) in [6.45, 7) is 4.32. The molecule has 0 spiro atoms. The van der Waals surface area contributed by atoms with Crippen LogP contribution in [0.4, 0.5) is 13.2 Å². The van der Waals surface area contributed by atoms with E-state index in [1.807, 2.05) is 0 Å². The third-order valence-electron chi connectivity index (χ3n) is 5.17. The van der Waals surface area contributed by atoms with Crippen molar-refractivity contribution in [2.45, 2.75) is 84.2 Å². The number of hydrogen-bond donors (Lipinski definition) is 0. The van der Waals surface area contributed by atoms with E-state index in [4.69, 9.17) is 9.15 Å². The number of rotatable bonds is 12. The predicted molar refractivity (Wildman–Crippen MR) is 110 cm³/mol. The van der Waals surface area contributed by atoms with Gasteiger partial charge in [0.1, 0.15) is 11.3 Å². The Morgan fingerprint density at radius 3 is 2.10 bits per heavy atom. The first-order valence-electron chi connectivity index (χ1n) is 10.6. The molecule has 0 N–H and O–H groups in total. The Morgan fingerprint density at radius 1 is 0.931 bits per heavy atom. The minimum atomic E-state index is -4.61. The molecule has 0 fully saturated rings. The van der Waals surface area contributed by atoms with Crippen LogP contribution >= 0.6 is 0 Å². The molecule has 6 heteroatoms. The van der Waals surface area contributed by atoms with E-state index in [1.165, 1.54) is 57.1 Å². The Morgan fingerprint density at radius 2 is 1.52 bits per heavy atom. The van der Waals surface area contributed by atoms with E-state index in [-0.39, 0.29) is 11.0 Å². The lowest BCUT2D eigenvalue weighted by Crippen LogP contribution is -2.11. The second-order valence-electron chi connectivity index (χ2n) is 7.57. The fourth-order valence-electron chi connectivity index (χ4n) is 3.51. The van der Waals surface area contributed by atoms with E-state index in [0.29, 0.717) is 24.0 Å². The van der Waals surface area contributed by atoms with Crippen LogP contribution in [0.2, 0.25) is 0 Å². The van der Waals surface area contributed by atoms with Crippen LogP contribution in [-0.4, -0.2) is 6.61 Å². The highest BCUT2D eigenvalue weighted by Gasteiger charge is 2.34. The lowest BCUT2D eigenvalue weighted by Gasteiger charge is -2.13. The number of halogens is 3. The summed E-state index contributed by atoms with van der Waals surface area (Å²) in [6, 6.07) is 3.32. The van der Waals surface area contributed by atoms with Gasteiger partial charge in [0, 0.05) is 17.0 Å². The van der Waals surface area contributed by atoms with Crippen molar-refractivity contribution in [3.63, 3.8) is 0 Å². The Labute approximate surface area is 170 Å². The highest BCUT2D eigenvalue weighted by atomic mass is 19.4. The van der Waals surface area contributed by atoms with E-state index < -0.39 is 17.4 Å². The van der Waals surface area contributed by atoms with Crippen molar-refractivity contribution < 1.29 is 22.3 Å². The topological polar surface area (TPSA) is 39.4 Å². The third kappa shape index (κ3) is 7.09. The van der Waals surface area contributed by atoms with Gasteiger partial charge in [0.05, 0.1) is 12.2 Å². The van der Waals surface area contributed by atoms with Crippen LogP contribution in [0.5, 0.6) is 5.75 Å². The number of hydrogen-bond acceptors (Lipinski definition) is 3. The predicted octanol–water partition coefficient (Wildman–Crippen LogP) is 7.42. The summed E-state index contributed by atoms with van der Waals surface area (Å²) >= 11 is 0. The first kappa shape index (κ1) is 23.3. The first-order chi connectivity index (χ1) is 13.8.